The molecule has 1 saturated carbocycles. The molecule has 8 nitrogen and oxygen atoms in total. The molecule has 2 aromatic carbocycles. The van der Waals surface area contributed by atoms with Crippen LogP contribution in [0.4, 0.5) is 5.69 Å². The molecule has 1 N–H and O–H groups in total. The number of methoxy groups -OCH3 is 1. The van der Waals surface area contributed by atoms with Gasteiger partial charge in [0.05, 0.1) is 36.0 Å². The van der Waals surface area contributed by atoms with Gasteiger partial charge in [-0.2, -0.15) is 0 Å². The Morgan fingerprint density at radius 1 is 1.05 bits per heavy atom. The number of nitrogens with zero attached hydrogens (tertiary/aromatic N) is 2. The topological polar surface area (TPSA) is 104 Å². The molecule has 2 aromatic rings. The van der Waals surface area contributed by atoms with Crippen LogP contribution in [0.25, 0.3) is 0 Å². The summed E-state index contributed by atoms with van der Waals surface area (Å²) in [7, 11) is 1.45. The van der Waals surface area contributed by atoms with Crippen LogP contribution in [0.3, 0.4) is 0 Å². The summed E-state index contributed by atoms with van der Waals surface area (Å²) >= 11 is 3.51. The Balaban J connectivity index is 1.58. The van der Waals surface area contributed by atoms with E-state index in [0.29, 0.717) is 28.7 Å². The predicted molar refractivity (Wildman–Crippen MR) is 146 cm³/mol. The van der Waals surface area contributed by atoms with Crippen molar-refractivity contribution in [1.29, 1.82) is 0 Å². The number of allylic oxidation sites excluding steroid dienone is 2. The van der Waals surface area contributed by atoms with Crippen LogP contribution in [0, 0.1) is 29.1 Å². The number of phenolic OH excluding ortho intramolecular Hbond substituents is 1. The third-order valence-electron chi connectivity index (χ3n) is 9.30. The molecule has 2 heterocycles. The molecule has 4 amide bonds. The van der Waals surface area contributed by atoms with Crippen molar-refractivity contribution in [3.8, 4) is 11.5 Å². The standard InChI is InChI=1S/C30H29BrN2O6/c1-4-32-26(35)18-11-10-17-19(23(18)28(32)37)14-21-27(36)33(16-8-6-5-7-9-16)29(38)30(21,2)24(17)20-12-15(31)13-22(39-3)25(20)34/h5-10,12-13,18-19,21,23-24,34H,4,11,14H2,1-3H3. The van der Waals surface area contributed by atoms with Gasteiger partial charge >= 0.3 is 0 Å². The number of likely N-dealkylation sites (tertiary alicyclic amines) is 1. The second-order valence-corrected chi connectivity index (χ2v) is 11.9. The minimum atomic E-state index is -1.23. The minimum Gasteiger partial charge on any atom is -0.504 e. The number of benzene rings is 2. The zero-order valence-electron chi connectivity index (χ0n) is 21.9. The van der Waals surface area contributed by atoms with E-state index in [1.807, 2.05) is 12.1 Å². The molecular formula is C30H29BrN2O6. The molecule has 2 aliphatic carbocycles. The van der Waals surface area contributed by atoms with Crippen molar-refractivity contribution in [3.05, 3.63) is 64.1 Å². The number of rotatable bonds is 4. The van der Waals surface area contributed by atoms with Gasteiger partial charge in [0.25, 0.3) is 0 Å². The first-order valence-electron chi connectivity index (χ1n) is 13.2. The Hall–Kier alpha value is -3.46. The Kier molecular flexibility index (Phi) is 5.98. The molecule has 39 heavy (non-hydrogen) atoms. The number of amides is 4. The van der Waals surface area contributed by atoms with Gasteiger partial charge in [-0.1, -0.05) is 45.8 Å². The quantitative estimate of drug-likeness (QED) is 0.416. The van der Waals surface area contributed by atoms with E-state index in [4.69, 9.17) is 4.74 Å². The zero-order chi connectivity index (χ0) is 27.8. The largest absolute Gasteiger partial charge is 0.504 e. The molecule has 0 radical (unpaired) electrons. The van der Waals surface area contributed by atoms with Gasteiger partial charge in [0.15, 0.2) is 11.5 Å². The molecule has 4 aliphatic rings. The van der Waals surface area contributed by atoms with E-state index >= 15 is 0 Å². The summed E-state index contributed by atoms with van der Waals surface area (Å²) < 4.78 is 6.08. The first-order chi connectivity index (χ1) is 18.6. The number of fused-ring (bicyclic) bond motifs is 4. The first-order valence-corrected chi connectivity index (χ1v) is 14.0. The fraction of sp³-hybridized carbons (Fsp3) is 0.400. The fourth-order valence-corrected chi connectivity index (χ4v) is 7.98. The van der Waals surface area contributed by atoms with Gasteiger partial charge < -0.3 is 9.84 Å². The Morgan fingerprint density at radius 2 is 1.77 bits per heavy atom. The number of para-hydroxylation sites is 1. The number of ether oxygens (including phenoxy) is 1. The second-order valence-electron chi connectivity index (χ2n) is 11.0. The van der Waals surface area contributed by atoms with Crippen LogP contribution in [-0.2, 0) is 19.2 Å². The van der Waals surface area contributed by atoms with Gasteiger partial charge in [0.1, 0.15) is 0 Å². The summed E-state index contributed by atoms with van der Waals surface area (Å²) in [6.07, 6.45) is 2.61. The SMILES string of the molecule is CCN1C(=O)C2CC=C3C(CC4C(=O)N(c5ccccc5)C(=O)C4(C)C3c3cc(Br)cc(OC)c3O)C2C1=O. The van der Waals surface area contributed by atoms with Crippen LogP contribution in [0.1, 0.15) is 38.2 Å². The summed E-state index contributed by atoms with van der Waals surface area (Å²) in [5.74, 6) is -3.93. The maximum Gasteiger partial charge on any atom is 0.241 e. The van der Waals surface area contributed by atoms with E-state index < -0.39 is 35.0 Å². The molecule has 0 aromatic heterocycles. The Morgan fingerprint density at radius 3 is 2.44 bits per heavy atom. The molecule has 3 fully saturated rings. The van der Waals surface area contributed by atoms with Crippen LogP contribution in [0.5, 0.6) is 11.5 Å². The molecule has 6 unspecified atom stereocenters. The van der Waals surface area contributed by atoms with E-state index in [2.05, 4.69) is 15.9 Å². The van der Waals surface area contributed by atoms with E-state index in [0.717, 1.165) is 5.57 Å². The normalized spacial score (nSPS) is 31.7. The third-order valence-corrected chi connectivity index (χ3v) is 9.75. The molecule has 2 saturated heterocycles. The number of anilines is 1. The number of aromatic hydroxyl groups is 1. The average Bonchev–Trinajstić information content (AvgIpc) is 3.29. The molecule has 202 valence electrons. The lowest BCUT2D eigenvalue weighted by Gasteiger charge is -2.49. The fourth-order valence-electron chi connectivity index (χ4n) is 7.53. The number of hydrogen-bond acceptors (Lipinski definition) is 6. The molecule has 2 aliphatic heterocycles. The predicted octanol–water partition coefficient (Wildman–Crippen LogP) is 4.41. The lowest BCUT2D eigenvalue weighted by Crippen LogP contribution is -2.48. The van der Waals surface area contributed by atoms with Crippen LogP contribution >= 0.6 is 15.9 Å². The minimum absolute atomic E-state index is 0.114. The van der Waals surface area contributed by atoms with Crippen molar-refractivity contribution in [3.63, 3.8) is 0 Å². The first kappa shape index (κ1) is 25.8. The number of carbonyl (C=O) groups excluding carboxylic acids is 4. The smallest absolute Gasteiger partial charge is 0.241 e. The lowest BCUT2D eigenvalue weighted by molar-refractivity contribution is -0.140. The van der Waals surface area contributed by atoms with Crippen LogP contribution in [0.15, 0.2) is 58.6 Å². The maximum atomic E-state index is 14.3. The highest BCUT2D eigenvalue weighted by Gasteiger charge is 2.67. The number of imide groups is 2. The highest BCUT2D eigenvalue weighted by Crippen LogP contribution is 2.65. The summed E-state index contributed by atoms with van der Waals surface area (Å²) in [6.45, 7) is 3.87. The monoisotopic (exact) mass is 592 g/mol. The Labute approximate surface area is 234 Å². The molecule has 0 spiro atoms. The summed E-state index contributed by atoms with van der Waals surface area (Å²) in [4.78, 5) is 57.6. The number of phenols is 1. The van der Waals surface area contributed by atoms with Gasteiger partial charge in [0, 0.05) is 22.5 Å². The summed E-state index contributed by atoms with van der Waals surface area (Å²) in [6, 6.07) is 12.2. The van der Waals surface area contributed by atoms with E-state index in [1.165, 1.54) is 16.9 Å². The molecular weight excluding hydrogens is 564 g/mol. The number of hydrogen-bond donors (Lipinski definition) is 1. The van der Waals surface area contributed by atoms with E-state index in [9.17, 15) is 24.3 Å². The average molecular weight is 593 g/mol. The lowest BCUT2D eigenvalue weighted by atomic mass is 9.51. The summed E-state index contributed by atoms with van der Waals surface area (Å²) in [5, 5.41) is 11.4. The van der Waals surface area contributed by atoms with Crippen LogP contribution in [0.2, 0.25) is 0 Å². The molecule has 6 atom stereocenters. The van der Waals surface area contributed by atoms with Gasteiger partial charge in [0.2, 0.25) is 23.6 Å². The van der Waals surface area contributed by atoms with Crippen molar-refractivity contribution in [2.24, 2.45) is 29.1 Å². The zero-order valence-corrected chi connectivity index (χ0v) is 23.5. The van der Waals surface area contributed by atoms with Crippen molar-refractivity contribution in [1.82, 2.24) is 4.90 Å². The summed E-state index contributed by atoms with van der Waals surface area (Å²) in [5.41, 5.74) is 0.516. The van der Waals surface area contributed by atoms with E-state index in [1.54, 1.807) is 50.2 Å². The number of halogens is 1. The Bertz CT molecular complexity index is 1450. The maximum absolute atomic E-state index is 14.3. The van der Waals surface area contributed by atoms with Gasteiger partial charge in [-0.3, -0.25) is 24.1 Å². The van der Waals surface area contributed by atoms with Gasteiger partial charge in [-0.25, -0.2) is 4.90 Å². The van der Waals surface area contributed by atoms with E-state index in [-0.39, 0.29) is 41.5 Å². The van der Waals surface area contributed by atoms with Crippen molar-refractivity contribution < 1.29 is 29.0 Å². The van der Waals surface area contributed by atoms with Crippen LogP contribution < -0.4 is 9.64 Å². The molecule has 9 heteroatoms. The van der Waals surface area contributed by atoms with Crippen molar-refractivity contribution in [2.75, 3.05) is 18.6 Å². The van der Waals surface area contributed by atoms with Crippen LogP contribution in [-0.4, -0.2) is 47.3 Å². The van der Waals surface area contributed by atoms with Gasteiger partial charge in [-0.15, -0.1) is 0 Å². The highest BCUT2D eigenvalue weighted by molar-refractivity contribution is 9.10. The number of carbonyl (C=O) groups is 4. The highest BCUT2D eigenvalue weighted by atomic mass is 79.9. The second kappa shape index (κ2) is 9.05. The molecule has 6 rings (SSSR count). The molecule has 0 bridgehead atoms. The van der Waals surface area contributed by atoms with Crippen molar-refractivity contribution >= 4 is 45.2 Å². The third kappa shape index (κ3) is 3.41. The van der Waals surface area contributed by atoms with Crippen molar-refractivity contribution in [2.45, 2.75) is 32.6 Å². The van der Waals surface area contributed by atoms with Gasteiger partial charge in [-0.05, 0) is 56.9 Å².